The lowest BCUT2D eigenvalue weighted by Gasteiger charge is -2.12. The minimum Gasteiger partial charge on any atom is -0.488 e. The number of hydrogen-bond acceptors (Lipinski definition) is 4. The highest BCUT2D eigenvalue weighted by Gasteiger charge is 2.13. The zero-order chi connectivity index (χ0) is 19.1. The van der Waals surface area contributed by atoms with Crippen LogP contribution in [0.1, 0.15) is 18.1 Å². The molecule has 26 heavy (non-hydrogen) atoms. The van der Waals surface area contributed by atoms with E-state index in [9.17, 15) is 14.4 Å². The van der Waals surface area contributed by atoms with E-state index in [1.54, 1.807) is 31.2 Å². The lowest BCUT2D eigenvalue weighted by molar-refractivity contribution is -0.137. The van der Waals surface area contributed by atoms with Crippen LogP contribution < -0.4 is 4.74 Å². The van der Waals surface area contributed by atoms with Crippen LogP contribution in [0.2, 0.25) is 5.02 Å². The molecule has 0 heterocycles. The van der Waals surface area contributed by atoms with Crippen molar-refractivity contribution in [3.05, 3.63) is 68.4 Å². The average Bonchev–Trinajstić information content (AvgIpc) is 2.60. The zero-order valence-electron chi connectivity index (χ0n) is 13.8. The van der Waals surface area contributed by atoms with Crippen molar-refractivity contribution in [2.75, 3.05) is 6.61 Å². The quantitative estimate of drug-likeness (QED) is 0.349. The van der Waals surface area contributed by atoms with Crippen LogP contribution in [0, 0.1) is 17.1 Å². The number of hydrogen-bond donors (Lipinski definition) is 0. The Bertz CT molecular complexity index is 873. The summed E-state index contributed by atoms with van der Waals surface area (Å²) in [5, 5.41) is 9.44. The van der Waals surface area contributed by atoms with Gasteiger partial charge in [0.2, 0.25) is 0 Å². The third-order valence-corrected chi connectivity index (χ3v) is 4.17. The number of ether oxygens (including phenoxy) is 2. The molecule has 0 saturated heterocycles. The highest BCUT2D eigenvalue weighted by molar-refractivity contribution is 9.10. The predicted octanol–water partition coefficient (Wildman–Crippen LogP) is 5.29. The number of rotatable bonds is 6. The highest BCUT2D eigenvalue weighted by atomic mass is 79.9. The maximum absolute atomic E-state index is 13.9. The van der Waals surface area contributed by atoms with Gasteiger partial charge in [0.25, 0.3) is 0 Å². The normalized spacial score (nSPS) is 11.0. The van der Waals surface area contributed by atoms with Crippen molar-refractivity contribution in [3.8, 4) is 11.8 Å². The Labute approximate surface area is 163 Å². The summed E-state index contributed by atoms with van der Waals surface area (Å²) in [6.07, 6.45) is 1.36. The molecule has 0 unspecified atom stereocenters. The molecule has 2 aromatic rings. The van der Waals surface area contributed by atoms with E-state index in [2.05, 4.69) is 15.9 Å². The first-order valence-electron chi connectivity index (χ1n) is 7.60. The molecule has 0 aliphatic rings. The molecule has 0 atom stereocenters. The Kier molecular flexibility index (Phi) is 7.19. The molecule has 0 N–H and O–H groups in total. The minimum absolute atomic E-state index is 0.102. The van der Waals surface area contributed by atoms with Gasteiger partial charge in [0.05, 0.1) is 11.6 Å². The van der Waals surface area contributed by atoms with Gasteiger partial charge in [-0.15, -0.1) is 0 Å². The summed E-state index contributed by atoms with van der Waals surface area (Å²) in [6.45, 7) is 1.71. The SMILES string of the molecule is CCOC(=O)C(C#N)=Cc1cc(Br)ccc1OCc1c(F)cccc1Cl. The lowest BCUT2D eigenvalue weighted by Crippen LogP contribution is -2.06. The Morgan fingerprint density at radius 2 is 2.15 bits per heavy atom. The van der Waals surface area contributed by atoms with Crippen LogP contribution in [0.4, 0.5) is 4.39 Å². The van der Waals surface area contributed by atoms with E-state index in [1.807, 2.05) is 6.07 Å². The van der Waals surface area contributed by atoms with Crippen LogP contribution in [-0.2, 0) is 16.1 Å². The highest BCUT2D eigenvalue weighted by Crippen LogP contribution is 2.28. The van der Waals surface area contributed by atoms with Gasteiger partial charge < -0.3 is 9.47 Å². The van der Waals surface area contributed by atoms with Gasteiger partial charge in [0.15, 0.2) is 0 Å². The fourth-order valence-corrected chi connectivity index (χ4v) is 2.68. The summed E-state index contributed by atoms with van der Waals surface area (Å²) in [5.74, 6) is -0.835. The molecular formula is C19H14BrClFNO3. The summed E-state index contributed by atoms with van der Waals surface area (Å²) in [4.78, 5) is 11.8. The van der Waals surface area contributed by atoms with E-state index >= 15 is 0 Å². The molecule has 134 valence electrons. The molecule has 2 aromatic carbocycles. The van der Waals surface area contributed by atoms with Crippen molar-refractivity contribution >= 4 is 39.6 Å². The molecule has 7 heteroatoms. The van der Waals surface area contributed by atoms with Crippen LogP contribution in [0.25, 0.3) is 6.08 Å². The molecule has 0 saturated carbocycles. The first kappa shape index (κ1) is 20.0. The maximum atomic E-state index is 13.9. The number of carbonyl (C=O) groups is 1. The van der Waals surface area contributed by atoms with E-state index in [4.69, 9.17) is 21.1 Å². The first-order valence-corrected chi connectivity index (χ1v) is 8.77. The third-order valence-electron chi connectivity index (χ3n) is 3.32. The van der Waals surface area contributed by atoms with Crippen LogP contribution in [0.5, 0.6) is 5.75 Å². The summed E-state index contributed by atoms with van der Waals surface area (Å²) < 4.78 is 25.1. The van der Waals surface area contributed by atoms with Gasteiger partial charge in [0, 0.05) is 15.6 Å². The van der Waals surface area contributed by atoms with E-state index in [0.29, 0.717) is 11.3 Å². The smallest absolute Gasteiger partial charge is 0.348 e. The lowest BCUT2D eigenvalue weighted by atomic mass is 10.1. The number of nitriles is 1. The topological polar surface area (TPSA) is 59.3 Å². The second kappa shape index (κ2) is 9.37. The fraction of sp³-hybridized carbons (Fsp3) is 0.158. The molecule has 0 bridgehead atoms. The van der Waals surface area contributed by atoms with Crippen molar-refractivity contribution in [1.29, 1.82) is 5.26 Å². The maximum Gasteiger partial charge on any atom is 0.348 e. The largest absolute Gasteiger partial charge is 0.488 e. The third kappa shape index (κ3) is 5.07. The molecule has 0 amide bonds. The number of benzene rings is 2. The average molecular weight is 439 g/mol. The minimum atomic E-state index is -0.724. The number of halogens is 3. The number of carbonyl (C=O) groups excluding carboxylic acids is 1. The van der Waals surface area contributed by atoms with Gasteiger partial charge in [-0.2, -0.15) is 5.26 Å². The summed E-state index contributed by atoms with van der Waals surface area (Å²) in [5.41, 5.74) is 0.521. The van der Waals surface area contributed by atoms with E-state index in [0.717, 1.165) is 4.47 Å². The Balaban J connectivity index is 2.33. The van der Waals surface area contributed by atoms with E-state index in [1.165, 1.54) is 18.2 Å². The second-order valence-corrected chi connectivity index (χ2v) is 6.38. The van der Waals surface area contributed by atoms with Gasteiger partial charge in [-0.3, -0.25) is 0 Å². The summed E-state index contributed by atoms with van der Waals surface area (Å²) >= 11 is 9.33. The number of nitrogens with zero attached hydrogens (tertiary/aromatic N) is 1. The van der Waals surface area contributed by atoms with Gasteiger partial charge in [-0.25, -0.2) is 9.18 Å². The van der Waals surface area contributed by atoms with Gasteiger partial charge in [-0.05, 0) is 43.3 Å². The molecule has 4 nitrogen and oxygen atoms in total. The van der Waals surface area contributed by atoms with Crippen LogP contribution in [-0.4, -0.2) is 12.6 Å². The monoisotopic (exact) mass is 437 g/mol. The van der Waals surface area contributed by atoms with Gasteiger partial charge in [-0.1, -0.05) is 33.6 Å². The molecular weight excluding hydrogens is 425 g/mol. The van der Waals surface area contributed by atoms with Crippen molar-refractivity contribution in [2.24, 2.45) is 0 Å². The molecule has 0 radical (unpaired) electrons. The molecule has 2 rings (SSSR count). The Morgan fingerprint density at radius 1 is 1.38 bits per heavy atom. The molecule has 0 spiro atoms. The number of esters is 1. The van der Waals surface area contributed by atoms with Crippen LogP contribution >= 0.6 is 27.5 Å². The standard InChI is InChI=1S/C19H14BrClFNO3/c1-2-25-19(24)13(10-23)8-12-9-14(20)6-7-18(12)26-11-15-16(21)4-3-5-17(15)22/h3-9H,2,11H2,1H3. The predicted molar refractivity (Wildman–Crippen MR) is 100 cm³/mol. The van der Waals surface area contributed by atoms with Gasteiger partial charge >= 0.3 is 5.97 Å². The first-order chi connectivity index (χ1) is 12.5. The summed E-state index contributed by atoms with van der Waals surface area (Å²) in [6, 6.07) is 11.2. The van der Waals surface area contributed by atoms with Crippen molar-refractivity contribution in [2.45, 2.75) is 13.5 Å². The molecule has 0 aromatic heterocycles. The summed E-state index contributed by atoms with van der Waals surface area (Å²) in [7, 11) is 0. The van der Waals surface area contributed by atoms with Crippen molar-refractivity contribution < 1.29 is 18.7 Å². The second-order valence-electron chi connectivity index (χ2n) is 5.06. The van der Waals surface area contributed by atoms with Crippen LogP contribution in [0.3, 0.4) is 0 Å². The van der Waals surface area contributed by atoms with Crippen molar-refractivity contribution in [3.63, 3.8) is 0 Å². The Morgan fingerprint density at radius 3 is 2.81 bits per heavy atom. The van der Waals surface area contributed by atoms with Crippen molar-refractivity contribution in [1.82, 2.24) is 0 Å². The van der Waals surface area contributed by atoms with Gasteiger partial charge in [0.1, 0.15) is 29.8 Å². The fourth-order valence-electron chi connectivity index (χ4n) is 2.08. The molecule has 0 aliphatic carbocycles. The Hall–Kier alpha value is -2.36. The molecule has 0 fully saturated rings. The van der Waals surface area contributed by atoms with E-state index in [-0.39, 0.29) is 29.4 Å². The van der Waals surface area contributed by atoms with Crippen LogP contribution in [0.15, 0.2) is 46.4 Å². The zero-order valence-corrected chi connectivity index (χ0v) is 16.1. The van der Waals surface area contributed by atoms with E-state index < -0.39 is 11.8 Å². The molecule has 0 aliphatic heterocycles.